The van der Waals surface area contributed by atoms with Crippen LogP contribution in [0.25, 0.3) is 0 Å². The quantitative estimate of drug-likeness (QED) is 0.610. The number of hydrogen-bond acceptors (Lipinski definition) is 0. The van der Waals surface area contributed by atoms with Crippen molar-refractivity contribution in [2.75, 3.05) is 0 Å². The molecule has 0 saturated carbocycles. The van der Waals surface area contributed by atoms with Gasteiger partial charge in [-0.25, -0.2) is 13.2 Å². The van der Waals surface area contributed by atoms with Crippen LogP contribution < -0.4 is 0 Å². The van der Waals surface area contributed by atoms with Crippen LogP contribution in [0.15, 0.2) is 10.8 Å². The Labute approximate surface area is 57.7 Å². The van der Waals surface area contributed by atoms with Gasteiger partial charge < -0.3 is 0 Å². The fourth-order valence-corrected chi connectivity index (χ4v) is 0.446. The van der Waals surface area contributed by atoms with Crippen LogP contribution in [-0.2, 0) is 0 Å². The minimum atomic E-state index is -3.16. The van der Waals surface area contributed by atoms with Crippen LogP contribution in [0.2, 0.25) is 0 Å². The number of halogens is 5. The van der Waals surface area contributed by atoms with E-state index in [1.165, 1.54) is 0 Å². The van der Waals surface area contributed by atoms with E-state index in [1.807, 2.05) is 0 Å². The Kier molecular flexibility index (Phi) is 3.84. The number of alkyl halides is 3. The van der Waals surface area contributed by atoms with Crippen LogP contribution in [-0.4, -0.2) is 12.6 Å². The molecule has 9 heavy (non-hydrogen) atoms. The highest BCUT2D eigenvalue weighted by Crippen LogP contribution is 2.13. The highest BCUT2D eigenvalue weighted by atomic mass is 79.9. The second-order valence-corrected chi connectivity index (χ2v) is 1.99. The molecule has 0 aromatic carbocycles. The van der Waals surface area contributed by atoms with Crippen molar-refractivity contribution in [2.45, 2.75) is 12.6 Å². The van der Waals surface area contributed by atoms with Gasteiger partial charge in [0.2, 0.25) is 0 Å². The fourth-order valence-electron chi connectivity index (χ4n) is 0.193. The summed E-state index contributed by atoms with van der Waals surface area (Å²) in [6.45, 7) is 0. The third-order valence-electron chi connectivity index (χ3n) is 0.526. The molecule has 0 rings (SSSR count). The maximum absolute atomic E-state index is 11.7. The van der Waals surface area contributed by atoms with E-state index in [4.69, 9.17) is 0 Å². The highest BCUT2D eigenvalue weighted by Gasteiger charge is 2.16. The molecule has 0 heterocycles. The van der Waals surface area contributed by atoms with E-state index in [-0.39, 0.29) is 6.08 Å². The summed E-state index contributed by atoms with van der Waals surface area (Å²) in [4.78, 5) is 0. The van der Waals surface area contributed by atoms with Gasteiger partial charge in [-0.1, -0.05) is 0 Å². The third-order valence-corrected chi connectivity index (χ3v) is 0.790. The summed E-state index contributed by atoms with van der Waals surface area (Å²) in [7, 11) is 0. The Morgan fingerprint density at radius 2 is 1.78 bits per heavy atom. The van der Waals surface area contributed by atoms with Crippen molar-refractivity contribution in [1.29, 1.82) is 0 Å². The lowest BCUT2D eigenvalue weighted by atomic mass is 10.4. The van der Waals surface area contributed by atoms with Gasteiger partial charge in [0.25, 0.3) is 6.43 Å². The second-order valence-electron chi connectivity index (χ2n) is 1.24. The average Bonchev–Trinajstić information content (AvgIpc) is 1.63. The molecule has 5 heteroatoms. The minimum absolute atomic E-state index is 0.157. The lowest BCUT2D eigenvalue weighted by Crippen LogP contribution is -2.07. The topological polar surface area (TPSA) is 0 Å². The molecule has 0 saturated heterocycles. The van der Waals surface area contributed by atoms with Crippen molar-refractivity contribution in [3.8, 4) is 0 Å². The lowest BCUT2D eigenvalue weighted by molar-refractivity contribution is 0.0744. The standard InChI is InChI=1S/C4H3BrF4/c5-3(7)1-2(6)4(8)9/h1-2,4H/b3-1+. The van der Waals surface area contributed by atoms with Gasteiger partial charge in [0.1, 0.15) is 0 Å². The summed E-state index contributed by atoms with van der Waals surface area (Å²) in [5, 5.41) is 0. The first kappa shape index (κ1) is 8.94. The maximum Gasteiger partial charge on any atom is 0.273 e. The minimum Gasteiger partial charge on any atom is -0.236 e. The molecular weight excluding hydrogens is 204 g/mol. The molecule has 0 radical (unpaired) electrons. The zero-order valence-corrected chi connectivity index (χ0v) is 5.71. The van der Waals surface area contributed by atoms with Crippen LogP contribution in [0.1, 0.15) is 0 Å². The zero-order chi connectivity index (χ0) is 7.44. The molecule has 0 aromatic rings. The molecule has 0 nitrogen and oxygen atoms in total. The Morgan fingerprint density at radius 3 is 1.89 bits per heavy atom. The van der Waals surface area contributed by atoms with Gasteiger partial charge in [0, 0.05) is 0 Å². The first-order valence-corrected chi connectivity index (χ1v) is 2.78. The van der Waals surface area contributed by atoms with E-state index >= 15 is 0 Å². The Bertz CT molecular complexity index is 107. The first-order chi connectivity index (χ1) is 4.04. The Morgan fingerprint density at radius 1 is 1.33 bits per heavy atom. The summed E-state index contributed by atoms with van der Waals surface area (Å²) >= 11 is 2.16. The second kappa shape index (κ2) is 3.87. The van der Waals surface area contributed by atoms with Crippen LogP contribution in [0, 0.1) is 0 Å². The van der Waals surface area contributed by atoms with Gasteiger partial charge in [-0.3, -0.25) is 0 Å². The van der Waals surface area contributed by atoms with Gasteiger partial charge >= 0.3 is 0 Å². The summed E-state index contributed by atoms with van der Waals surface area (Å²) in [5.74, 6) is 0. The average molecular weight is 207 g/mol. The maximum atomic E-state index is 11.7. The van der Waals surface area contributed by atoms with Gasteiger partial charge in [-0.05, 0) is 22.0 Å². The molecule has 0 N–H and O–H groups in total. The SMILES string of the molecule is F/C(Br)=C/C(F)C(F)F. The van der Waals surface area contributed by atoms with E-state index in [0.29, 0.717) is 0 Å². The van der Waals surface area contributed by atoms with Crippen molar-refractivity contribution >= 4 is 15.9 Å². The Balaban J connectivity index is 3.76. The first-order valence-electron chi connectivity index (χ1n) is 1.99. The molecule has 0 aliphatic carbocycles. The molecule has 0 aromatic heterocycles. The predicted molar refractivity (Wildman–Crippen MR) is 29.0 cm³/mol. The molecule has 54 valence electrons. The largest absolute Gasteiger partial charge is 0.273 e. The number of hydrogen-bond donors (Lipinski definition) is 0. The van der Waals surface area contributed by atoms with Gasteiger partial charge in [0.05, 0.1) is 0 Å². The van der Waals surface area contributed by atoms with Crippen molar-refractivity contribution in [3.05, 3.63) is 10.8 Å². The van der Waals surface area contributed by atoms with Crippen molar-refractivity contribution < 1.29 is 17.6 Å². The smallest absolute Gasteiger partial charge is 0.236 e. The monoisotopic (exact) mass is 206 g/mol. The van der Waals surface area contributed by atoms with E-state index in [2.05, 4.69) is 15.9 Å². The molecular formula is C4H3BrF4. The third kappa shape index (κ3) is 4.44. The highest BCUT2D eigenvalue weighted by molar-refractivity contribution is 9.11. The van der Waals surface area contributed by atoms with E-state index in [1.54, 1.807) is 0 Å². The molecule has 0 fully saturated rings. The predicted octanol–water partition coefficient (Wildman–Crippen LogP) is 2.80. The fraction of sp³-hybridized carbons (Fsp3) is 0.500. The Hall–Kier alpha value is -0.0600. The molecule has 0 amide bonds. The van der Waals surface area contributed by atoms with Crippen molar-refractivity contribution in [2.24, 2.45) is 0 Å². The molecule has 1 unspecified atom stereocenters. The summed E-state index contributed by atoms with van der Waals surface area (Å²) in [6, 6.07) is 0. The normalized spacial score (nSPS) is 16.4. The van der Waals surface area contributed by atoms with Crippen LogP contribution in [0.3, 0.4) is 0 Å². The number of rotatable bonds is 2. The van der Waals surface area contributed by atoms with Crippen molar-refractivity contribution in [1.82, 2.24) is 0 Å². The molecule has 0 spiro atoms. The van der Waals surface area contributed by atoms with E-state index < -0.39 is 17.3 Å². The van der Waals surface area contributed by atoms with Gasteiger partial charge in [-0.15, -0.1) is 0 Å². The number of allylic oxidation sites excluding steroid dienone is 1. The van der Waals surface area contributed by atoms with Crippen molar-refractivity contribution in [3.63, 3.8) is 0 Å². The van der Waals surface area contributed by atoms with Crippen LogP contribution >= 0.6 is 15.9 Å². The molecule has 1 atom stereocenters. The lowest BCUT2D eigenvalue weighted by Gasteiger charge is -1.97. The van der Waals surface area contributed by atoms with Crippen LogP contribution in [0.4, 0.5) is 17.6 Å². The molecule has 0 bridgehead atoms. The van der Waals surface area contributed by atoms with E-state index in [0.717, 1.165) is 0 Å². The van der Waals surface area contributed by atoms with Gasteiger partial charge in [0.15, 0.2) is 10.9 Å². The summed E-state index contributed by atoms with van der Waals surface area (Å²) in [6.07, 6.45) is -5.53. The van der Waals surface area contributed by atoms with Gasteiger partial charge in [-0.2, -0.15) is 4.39 Å². The zero-order valence-electron chi connectivity index (χ0n) is 4.12. The summed E-state index contributed by atoms with van der Waals surface area (Å²) < 4.78 is 44.4. The summed E-state index contributed by atoms with van der Waals surface area (Å²) in [5.41, 5.74) is 0. The molecule has 0 aliphatic rings. The van der Waals surface area contributed by atoms with E-state index in [9.17, 15) is 17.6 Å². The molecule has 0 aliphatic heterocycles. The van der Waals surface area contributed by atoms with Crippen LogP contribution in [0.5, 0.6) is 0 Å².